The molecule has 0 saturated carbocycles. The molecule has 0 bridgehead atoms. The molecular weight excluding hydrogens is 338 g/mol. The van der Waals surface area contributed by atoms with E-state index in [9.17, 15) is 9.59 Å². The van der Waals surface area contributed by atoms with Crippen LogP contribution in [-0.4, -0.2) is 36.3 Å². The molecule has 1 aliphatic rings. The zero-order valence-corrected chi connectivity index (χ0v) is 15.9. The van der Waals surface area contributed by atoms with Gasteiger partial charge in [-0.25, -0.2) is 0 Å². The third kappa shape index (κ3) is 4.37. The molecule has 0 aromatic heterocycles. The van der Waals surface area contributed by atoms with E-state index in [1.165, 1.54) is 5.56 Å². The van der Waals surface area contributed by atoms with Crippen molar-refractivity contribution in [1.82, 2.24) is 4.90 Å². The number of hydrogen-bond donors (Lipinski definition) is 2. The molecule has 3 N–H and O–H groups in total. The zero-order chi connectivity index (χ0) is 19.4. The monoisotopic (exact) mass is 365 g/mol. The van der Waals surface area contributed by atoms with Gasteiger partial charge < -0.3 is 16.0 Å². The van der Waals surface area contributed by atoms with Crippen LogP contribution in [0.15, 0.2) is 54.6 Å². The smallest absolute Gasteiger partial charge is 0.253 e. The highest BCUT2D eigenvalue weighted by molar-refractivity contribution is 5.96. The number of nitrogens with two attached hydrogens (primary N) is 1. The molecule has 1 saturated heterocycles. The highest BCUT2D eigenvalue weighted by atomic mass is 16.2. The average molecular weight is 365 g/mol. The Morgan fingerprint density at radius 2 is 1.74 bits per heavy atom. The Kier molecular flexibility index (Phi) is 5.91. The molecule has 0 aliphatic carbocycles. The lowest BCUT2D eigenvalue weighted by molar-refractivity contribution is -0.118. The summed E-state index contributed by atoms with van der Waals surface area (Å²) < 4.78 is 0. The van der Waals surface area contributed by atoms with E-state index in [0.717, 1.165) is 0 Å². The van der Waals surface area contributed by atoms with E-state index in [1.807, 2.05) is 36.9 Å². The van der Waals surface area contributed by atoms with Crippen LogP contribution in [0.1, 0.15) is 35.7 Å². The second-order valence-corrected chi connectivity index (χ2v) is 7.44. The van der Waals surface area contributed by atoms with Gasteiger partial charge in [-0.2, -0.15) is 0 Å². The van der Waals surface area contributed by atoms with Crippen molar-refractivity contribution in [3.8, 4) is 0 Å². The number of amides is 2. The molecule has 27 heavy (non-hydrogen) atoms. The lowest BCUT2D eigenvalue weighted by atomic mass is 9.89. The summed E-state index contributed by atoms with van der Waals surface area (Å²) in [6.07, 6.45) is 0. The largest absolute Gasteiger partial charge is 0.338 e. The van der Waals surface area contributed by atoms with Gasteiger partial charge in [-0.15, -0.1) is 0 Å². The van der Waals surface area contributed by atoms with Gasteiger partial charge in [0, 0.05) is 36.2 Å². The van der Waals surface area contributed by atoms with Crippen molar-refractivity contribution >= 4 is 17.5 Å². The zero-order valence-electron chi connectivity index (χ0n) is 15.9. The first-order chi connectivity index (χ1) is 13.0. The molecule has 0 unspecified atom stereocenters. The summed E-state index contributed by atoms with van der Waals surface area (Å²) in [5.74, 6) is 0.420. The summed E-state index contributed by atoms with van der Waals surface area (Å²) in [5.41, 5.74) is 8.54. The number of likely N-dealkylation sites (tertiary alicyclic amines) is 1. The predicted molar refractivity (Wildman–Crippen MR) is 108 cm³/mol. The molecule has 0 radical (unpaired) electrons. The van der Waals surface area contributed by atoms with Gasteiger partial charge in [0.15, 0.2) is 0 Å². The van der Waals surface area contributed by atoms with Crippen molar-refractivity contribution < 1.29 is 9.59 Å². The van der Waals surface area contributed by atoms with Crippen LogP contribution in [0, 0.1) is 11.8 Å². The number of carbonyl (C=O) groups is 2. The Morgan fingerprint density at radius 1 is 1.07 bits per heavy atom. The number of nitrogens with zero attached hydrogens (tertiary/aromatic N) is 1. The van der Waals surface area contributed by atoms with Gasteiger partial charge in [-0.1, -0.05) is 44.2 Å². The lowest BCUT2D eigenvalue weighted by Crippen LogP contribution is -2.29. The fourth-order valence-corrected chi connectivity index (χ4v) is 3.52. The first-order valence-electron chi connectivity index (χ1n) is 9.44. The van der Waals surface area contributed by atoms with Crippen LogP contribution in [0.3, 0.4) is 0 Å². The van der Waals surface area contributed by atoms with E-state index >= 15 is 0 Å². The first kappa shape index (κ1) is 19.1. The van der Waals surface area contributed by atoms with Crippen LogP contribution in [0.2, 0.25) is 0 Å². The Hall–Kier alpha value is -2.66. The van der Waals surface area contributed by atoms with Crippen molar-refractivity contribution in [3.63, 3.8) is 0 Å². The minimum Gasteiger partial charge on any atom is -0.338 e. The maximum Gasteiger partial charge on any atom is 0.253 e. The highest BCUT2D eigenvalue weighted by Crippen LogP contribution is 2.32. The highest BCUT2D eigenvalue weighted by Gasteiger charge is 2.35. The molecule has 1 aliphatic heterocycles. The maximum atomic E-state index is 12.9. The van der Waals surface area contributed by atoms with Crippen molar-refractivity contribution in [2.45, 2.75) is 19.8 Å². The number of rotatable bonds is 5. The predicted octanol–water partition coefficient (Wildman–Crippen LogP) is 3.10. The van der Waals surface area contributed by atoms with Crippen molar-refractivity contribution in [1.29, 1.82) is 0 Å². The third-order valence-corrected chi connectivity index (χ3v) is 5.18. The van der Waals surface area contributed by atoms with Crippen molar-refractivity contribution in [3.05, 3.63) is 65.7 Å². The topological polar surface area (TPSA) is 75.4 Å². The maximum absolute atomic E-state index is 12.9. The van der Waals surface area contributed by atoms with Gasteiger partial charge in [0.1, 0.15) is 0 Å². The SMILES string of the molecule is CC(C)C(=O)Nc1ccc(C(=O)N2C[C@@H](CN)[C@H](c3ccccc3)C2)cc1. The number of carbonyl (C=O) groups excluding carboxylic acids is 2. The van der Waals surface area contributed by atoms with E-state index in [4.69, 9.17) is 5.73 Å². The summed E-state index contributed by atoms with van der Waals surface area (Å²) in [5, 5.41) is 2.84. The molecule has 142 valence electrons. The van der Waals surface area contributed by atoms with Crippen LogP contribution in [0.4, 0.5) is 5.69 Å². The van der Waals surface area contributed by atoms with E-state index in [0.29, 0.717) is 30.9 Å². The molecule has 1 heterocycles. The summed E-state index contributed by atoms with van der Waals surface area (Å²) in [7, 11) is 0. The summed E-state index contributed by atoms with van der Waals surface area (Å²) in [6.45, 7) is 5.59. The Morgan fingerprint density at radius 3 is 2.33 bits per heavy atom. The van der Waals surface area contributed by atoms with E-state index < -0.39 is 0 Å². The van der Waals surface area contributed by atoms with Gasteiger partial charge in [-0.3, -0.25) is 9.59 Å². The number of anilines is 1. The first-order valence-corrected chi connectivity index (χ1v) is 9.44. The Labute approximate surface area is 160 Å². The Bertz CT molecular complexity index is 787. The quantitative estimate of drug-likeness (QED) is 0.855. The van der Waals surface area contributed by atoms with Crippen molar-refractivity contribution in [2.24, 2.45) is 17.6 Å². The van der Waals surface area contributed by atoms with Crippen LogP contribution in [0.5, 0.6) is 0 Å². The van der Waals surface area contributed by atoms with Gasteiger partial charge >= 0.3 is 0 Å². The fourth-order valence-electron chi connectivity index (χ4n) is 3.52. The molecule has 2 atom stereocenters. The third-order valence-electron chi connectivity index (χ3n) is 5.18. The van der Waals surface area contributed by atoms with Crippen LogP contribution < -0.4 is 11.1 Å². The molecule has 3 rings (SSSR count). The molecule has 5 nitrogen and oxygen atoms in total. The lowest BCUT2D eigenvalue weighted by Gasteiger charge is -2.17. The summed E-state index contributed by atoms with van der Waals surface area (Å²) >= 11 is 0. The van der Waals surface area contributed by atoms with Gasteiger partial charge in [0.25, 0.3) is 5.91 Å². The molecule has 1 fully saturated rings. The van der Waals surface area contributed by atoms with E-state index in [-0.39, 0.29) is 29.6 Å². The molecule has 0 spiro atoms. The van der Waals surface area contributed by atoms with E-state index in [2.05, 4.69) is 17.4 Å². The molecule has 2 amide bonds. The van der Waals surface area contributed by atoms with Gasteiger partial charge in [0.05, 0.1) is 0 Å². The van der Waals surface area contributed by atoms with Crippen LogP contribution >= 0.6 is 0 Å². The van der Waals surface area contributed by atoms with E-state index in [1.54, 1.807) is 24.3 Å². The summed E-state index contributed by atoms with van der Waals surface area (Å²) in [4.78, 5) is 26.6. The number of nitrogens with one attached hydrogen (secondary N) is 1. The van der Waals surface area contributed by atoms with Gasteiger partial charge in [-0.05, 0) is 42.3 Å². The second-order valence-electron chi connectivity index (χ2n) is 7.44. The van der Waals surface area contributed by atoms with Gasteiger partial charge in [0.2, 0.25) is 5.91 Å². The van der Waals surface area contributed by atoms with Crippen molar-refractivity contribution in [2.75, 3.05) is 25.0 Å². The average Bonchev–Trinajstić information content (AvgIpc) is 3.13. The van der Waals surface area contributed by atoms with Crippen LogP contribution in [-0.2, 0) is 4.79 Å². The standard InChI is InChI=1S/C22H27N3O2/c1-15(2)21(26)24-19-10-8-17(9-11-19)22(27)25-13-18(12-23)20(14-25)16-6-4-3-5-7-16/h3-11,15,18,20H,12-14,23H2,1-2H3,(H,24,26)/t18-,20+/m1/s1. The molecule has 2 aromatic carbocycles. The molecular formula is C22H27N3O2. The summed E-state index contributed by atoms with van der Waals surface area (Å²) in [6, 6.07) is 17.4. The number of hydrogen-bond acceptors (Lipinski definition) is 3. The fraction of sp³-hybridized carbons (Fsp3) is 0.364. The number of benzene rings is 2. The molecule has 2 aromatic rings. The Balaban J connectivity index is 1.70. The van der Waals surface area contributed by atoms with Crippen LogP contribution in [0.25, 0.3) is 0 Å². The minimum atomic E-state index is -0.0842. The second kappa shape index (κ2) is 8.35. The minimum absolute atomic E-state index is 0.00798. The normalized spacial score (nSPS) is 19.3. The molecule has 5 heteroatoms.